The van der Waals surface area contributed by atoms with Gasteiger partial charge in [0.15, 0.2) is 0 Å². The number of nitrogens with two attached hydrogens (primary N) is 1. The largest absolute Gasteiger partial charge is 0.382 e. The van der Waals surface area contributed by atoms with Gasteiger partial charge in [-0.2, -0.15) is 0 Å². The Morgan fingerprint density at radius 2 is 2.19 bits per heavy atom. The van der Waals surface area contributed by atoms with E-state index < -0.39 is 0 Å². The van der Waals surface area contributed by atoms with Gasteiger partial charge in [0.25, 0.3) is 0 Å². The lowest BCUT2D eigenvalue weighted by Crippen LogP contribution is -2.18. The van der Waals surface area contributed by atoms with Gasteiger partial charge in [-0.15, -0.1) is 0 Å². The maximum atomic E-state index is 11.0. The zero-order valence-electron chi connectivity index (χ0n) is 9.79. The summed E-state index contributed by atoms with van der Waals surface area (Å²) in [6.45, 7) is 4.20. The van der Waals surface area contributed by atoms with Crippen molar-refractivity contribution in [2.45, 2.75) is 32.7 Å². The smallest absolute Gasteiger partial charge is 0.248 e. The molecule has 0 aromatic heterocycles. The van der Waals surface area contributed by atoms with Crippen LogP contribution in [0.3, 0.4) is 0 Å². The Kier molecular flexibility index (Phi) is 2.86. The number of nitrogens with one attached hydrogen (secondary N) is 1. The van der Waals surface area contributed by atoms with E-state index in [-0.39, 0.29) is 5.91 Å². The molecule has 1 unspecified atom stereocenters. The van der Waals surface area contributed by atoms with E-state index in [1.807, 2.05) is 19.1 Å². The van der Waals surface area contributed by atoms with E-state index in [0.29, 0.717) is 11.6 Å². The van der Waals surface area contributed by atoms with Crippen molar-refractivity contribution in [1.29, 1.82) is 0 Å². The van der Waals surface area contributed by atoms with Crippen molar-refractivity contribution in [1.82, 2.24) is 0 Å². The molecule has 1 amide bonds. The van der Waals surface area contributed by atoms with E-state index in [9.17, 15) is 4.79 Å². The van der Waals surface area contributed by atoms with Crippen LogP contribution < -0.4 is 11.1 Å². The zero-order valence-corrected chi connectivity index (χ0v) is 9.79. The molecular weight excluding hydrogens is 200 g/mol. The highest BCUT2D eigenvalue weighted by Crippen LogP contribution is 2.34. The molecule has 0 spiro atoms. The summed E-state index contributed by atoms with van der Waals surface area (Å²) in [5.41, 5.74) is 7.98. The van der Waals surface area contributed by atoms with Crippen molar-refractivity contribution in [2.75, 3.05) is 5.32 Å². The number of carbonyl (C=O) groups is 1. The van der Waals surface area contributed by atoms with Gasteiger partial charge in [-0.1, -0.05) is 0 Å². The van der Waals surface area contributed by atoms with Crippen LogP contribution in [0.15, 0.2) is 18.2 Å². The zero-order chi connectivity index (χ0) is 11.7. The molecule has 16 heavy (non-hydrogen) atoms. The van der Waals surface area contributed by atoms with E-state index in [1.54, 1.807) is 6.07 Å². The SMILES string of the molecule is Cc1cc(C(N)=O)ccc1NC(C)C1CC1. The Hall–Kier alpha value is -1.51. The van der Waals surface area contributed by atoms with Crippen molar-refractivity contribution >= 4 is 11.6 Å². The van der Waals surface area contributed by atoms with Crippen LogP contribution in [-0.2, 0) is 0 Å². The number of aryl methyl sites for hydroxylation is 1. The van der Waals surface area contributed by atoms with Gasteiger partial charge in [0.1, 0.15) is 0 Å². The van der Waals surface area contributed by atoms with Crippen molar-refractivity contribution in [3.8, 4) is 0 Å². The molecule has 0 saturated heterocycles. The first-order chi connectivity index (χ1) is 7.58. The van der Waals surface area contributed by atoms with Gasteiger partial charge < -0.3 is 11.1 Å². The van der Waals surface area contributed by atoms with Crippen LogP contribution in [0.4, 0.5) is 5.69 Å². The number of hydrogen-bond acceptors (Lipinski definition) is 2. The van der Waals surface area contributed by atoms with Crippen LogP contribution in [0.2, 0.25) is 0 Å². The summed E-state index contributed by atoms with van der Waals surface area (Å²) in [5, 5.41) is 3.49. The van der Waals surface area contributed by atoms with Gasteiger partial charge in [0.2, 0.25) is 5.91 Å². The number of hydrogen-bond donors (Lipinski definition) is 2. The minimum absolute atomic E-state index is 0.370. The van der Waals surface area contributed by atoms with Gasteiger partial charge in [-0.3, -0.25) is 4.79 Å². The van der Waals surface area contributed by atoms with Crippen LogP contribution in [-0.4, -0.2) is 11.9 Å². The molecule has 1 saturated carbocycles. The standard InChI is InChI=1S/C13H18N2O/c1-8-7-11(13(14)16)5-6-12(8)15-9(2)10-3-4-10/h5-7,9-10,15H,3-4H2,1-2H3,(H2,14,16). The van der Waals surface area contributed by atoms with Crippen LogP contribution in [0.1, 0.15) is 35.7 Å². The van der Waals surface area contributed by atoms with E-state index in [0.717, 1.165) is 17.2 Å². The molecule has 86 valence electrons. The summed E-state index contributed by atoms with van der Waals surface area (Å²) in [5.74, 6) is 0.445. The molecule has 1 aliphatic carbocycles. The first-order valence-electron chi connectivity index (χ1n) is 5.75. The Labute approximate surface area is 96.0 Å². The van der Waals surface area contributed by atoms with E-state index in [1.165, 1.54) is 12.8 Å². The summed E-state index contributed by atoms with van der Waals surface area (Å²) in [6.07, 6.45) is 2.65. The lowest BCUT2D eigenvalue weighted by atomic mass is 10.1. The molecule has 0 heterocycles. The summed E-state index contributed by atoms with van der Waals surface area (Å²) in [6, 6.07) is 6.06. The fourth-order valence-corrected chi connectivity index (χ4v) is 1.94. The van der Waals surface area contributed by atoms with Crippen LogP contribution in [0.5, 0.6) is 0 Å². The number of amides is 1. The summed E-state index contributed by atoms with van der Waals surface area (Å²) < 4.78 is 0. The first-order valence-corrected chi connectivity index (χ1v) is 5.75. The van der Waals surface area contributed by atoms with Crippen molar-refractivity contribution < 1.29 is 4.79 Å². The monoisotopic (exact) mass is 218 g/mol. The molecule has 3 heteroatoms. The molecule has 0 radical (unpaired) electrons. The Morgan fingerprint density at radius 1 is 1.50 bits per heavy atom. The average molecular weight is 218 g/mol. The van der Waals surface area contributed by atoms with Gasteiger partial charge in [-0.05, 0) is 56.4 Å². The van der Waals surface area contributed by atoms with Gasteiger partial charge >= 0.3 is 0 Å². The predicted octanol–water partition coefficient (Wildman–Crippen LogP) is 2.30. The molecule has 0 bridgehead atoms. The third kappa shape index (κ3) is 2.35. The number of carbonyl (C=O) groups excluding carboxylic acids is 1. The van der Waals surface area contributed by atoms with E-state index in [4.69, 9.17) is 5.73 Å². The second kappa shape index (κ2) is 4.16. The van der Waals surface area contributed by atoms with Crippen LogP contribution in [0, 0.1) is 12.8 Å². The maximum absolute atomic E-state index is 11.0. The Morgan fingerprint density at radius 3 is 2.69 bits per heavy atom. The molecule has 1 aromatic rings. The van der Waals surface area contributed by atoms with Crippen LogP contribution >= 0.6 is 0 Å². The molecule has 0 aliphatic heterocycles. The Balaban J connectivity index is 2.12. The normalized spacial score (nSPS) is 16.9. The van der Waals surface area contributed by atoms with Crippen molar-refractivity contribution in [2.24, 2.45) is 11.7 Å². The highest BCUT2D eigenvalue weighted by Gasteiger charge is 2.27. The van der Waals surface area contributed by atoms with Gasteiger partial charge in [0.05, 0.1) is 0 Å². The third-order valence-corrected chi connectivity index (χ3v) is 3.22. The van der Waals surface area contributed by atoms with Crippen molar-refractivity contribution in [3.05, 3.63) is 29.3 Å². The summed E-state index contributed by atoms with van der Waals surface area (Å²) >= 11 is 0. The highest BCUT2D eigenvalue weighted by molar-refractivity contribution is 5.93. The lowest BCUT2D eigenvalue weighted by Gasteiger charge is -2.16. The van der Waals surface area contributed by atoms with Crippen molar-refractivity contribution in [3.63, 3.8) is 0 Å². The minimum Gasteiger partial charge on any atom is -0.382 e. The molecule has 1 aliphatic rings. The fourth-order valence-electron chi connectivity index (χ4n) is 1.94. The quantitative estimate of drug-likeness (QED) is 0.814. The number of anilines is 1. The third-order valence-electron chi connectivity index (χ3n) is 3.22. The second-order valence-electron chi connectivity index (χ2n) is 4.66. The van der Waals surface area contributed by atoms with Crippen LogP contribution in [0.25, 0.3) is 0 Å². The Bertz CT molecular complexity index is 410. The van der Waals surface area contributed by atoms with E-state index >= 15 is 0 Å². The van der Waals surface area contributed by atoms with Gasteiger partial charge in [0, 0.05) is 17.3 Å². The molecule has 2 rings (SSSR count). The lowest BCUT2D eigenvalue weighted by molar-refractivity contribution is 0.100. The van der Waals surface area contributed by atoms with E-state index in [2.05, 4.69) is 12.2 Å². The summed E-state index contributed by atoms with van der Waals surface area (Å²) in [7, 11) is 0. The molecule has 1 fully saturated rings. The second-order valence-corrected chi connectivity index (χ2v) is 4.66. The number of primary amides is 1. The molecule has 3 nitrogen and oxygen atoms in total. The molecule has 1 aromatic carbocycles. The fraction of sp³-hybridized carbons (Fsp3) is 0.462. The topological polar surface area (TPSA) is 55.1 Å². The highest BCUT2D eigenvalue weighted by atomic mass is 16.1. The molecule has 1 atom stereocenters. The number of benzene rings is 1. The average Bonchev–Trinajstić information content (AvgIpc) is 3.03. The predicted molar refractivity (Wildman–Crippen MR) is 65.5 cm³/mol. The summed E-state index contributed by atoms with van der Waals surface area (Å²) in [4.78, 5) is 11.0. The van der Waals surface area contributed by atoms with Gasteiger partial charge in [-0.25, -0.2) is 0 Å². The molecular formula is C13H18N2O. The maximum Gasteiger partial charge on any atom is 0.248 e. The molecule has 3 N–H and O–H groups in total. The first kappa shape index (κ1) is 11.0. The number of rotatable bonds is 4. The minimum atomic E-state index is -0.370.